The lowest BCUT2D eigenvalue weighted by molar-refractivity contribution is -0.116. The molecular weight excluding hydrogens is 396 g/mol. The van der Waals surface area contributed by atoms with E-state index < -0.39 is 5.91 Å². The monoisotopic (exact) mass is 420 g/mol. The first-order chi connectivity index (χ1) is 14.9. The highest BCUT2D eigenvalue weighted by atomic mass is 16.5. The molecule has 1 aromatic heterocycles. The third-order valence-corrected chi connectivity index (χ3v) is 5.42. The van der Waals surface area contributed by atoms with Gasteiger partial charge in [0.05, 0.1) is 18.8 Å². The highest BCUT2D eigenvalue weighted by molar-refractivity contribution is 6.06. The van der Waals surface area contributed by atoms with Crippen molar-refractivity contribution in [2.75, 3.05) is 31.6 Å². The van der Waals surface area contributed by atoms with Gasteiger partial charge in [0.15, 0.2) is 0 Å². The quantitative estimate of drug-likeness (QED) is 0.660. The molecule has 1 saturated heterocycles. The van der Waals surface area contributed by atoms with Crippen molar-refractivity contribution in [1.29, 1.82) is 0 Å². The van der Waals surface area contributed by atoms with E-state index in [9.17, 15) is 14.4 Å². The predicted octanol–water partition coefficient (Wildman–Crippen LogP) is 2.16. The Morgan fingerprint density at radius 3 is 2.55 bits per heavy atom. The number of nitrogens with one attached hydrogen (secondary N) is 1. The van der Waals surface area contributed by atoms with Crippen molar-refractivity contribution in [1.82, 2.24) is 9.47 Å². The summed E-state index contributed by atoms with van der Waals surface area (Å²) in [5.74, 6) is -0.884. The van der Waals surface area contributed by atoms with Crippen LogP contribution in [0.25, 0.3) is 10.9 Å². The molecule has 2 heterocycles. The smallest absolute Gasteiger partial charge is 0.254 e. The van der Waals surface area contributed by atoms with Gasteiger partial charge in [-0.3, -0.25) is 14.4 Å². The van der Waals surface area contributed by atoms with Crippen molar-refractivity contribution in [2.45, 2.75) is 13.5 Å². The molecule has 31 heavy (non-hydrogen) atoms. The largest absolute Gasteiger partial charge is 0.378 e. The number of aryl methyl sites for hydroxylation is 1. The van der Waals surface area contributed by atoms with Gasteiger partial charge < -0.3 is 25.3 Å². The number of ether oxygens (including phenoxy) is 1. The standard InChI is InChI=1S/C23H24N4O4/c1-15-6-7-16(12-18(15)23(30)26-8-10-31-11-9-26)25-21(28)14-27-13-19(22(24)29)17-4-2-3-5-20(17)27/h2-7,12-13H,8-11,14H2,1H3,(H2,24,29)(H,25,28). The minimum atomic E-state index is -0.542. The topological polar surface area (TPSA) is 107 Å². The number of benzene rings is 2. The van der Waals surface area contributed by atoms with Gasteiger partial charge in [-0.25, -0.2) is 0 Å². The maximum Gasteiger partial charge on any atom is 0.254 e. The van der Waals surface area contributed by atoms with Gasteiger partial charge in [0, 0.05) is 41.4 Å². The van der Waals surface area contributed by atoms with Crippen LogP contribution < -0.4 is 11.1 Å². The van der Waals surface area contributed by atoms with Crippen molar-refractivity contribution in [3.8, 4) is 0 Å². The molecule has 0 aliphatic carbocycles. The van der Waals surface area contributed by atoms with Crippen LogP contribution in [-0.2, 0) is 16.1 Å². The van der Waals surface area contributed by atoms with Gasteiger partial charge in [-0.2, -0.15) is 0 Å². The number of anilines is 1. The SMILES string of the molecule is Cc1ccc(NC(=O)Cn2cc(C(N)=O)c3ccccc32)cc1C(=O)N1CCOCC1. The van der Waals surface area contributed by atoms with Crippen LogP contribution in [0.1, 0.15) is 26.3 Å². The molecule has 0 bridgehead atoms. The van der Waals surface area contributed by atoms with E-state index in [1.165, 1.54) is 0 Å². The number of nitrogens with zero attached hydrogens (tertiary/aromatic N) is 2. The zero-order valence-corrected chi connectivity index (χ0v) is 17.3. The molecule has 3 N–H and O–H groups in total. The zero-order valence-electron chi connectivity index (χ0n) is 17.3. The first-order valence-electron chi connectivity index (χ1n) is 10.1. The average molecular weight is 420 g/mol. The maximum absolute atomic E-state index is 12.9. The molecule has 1 fully saturated rings. The first kappa shape index (κ1) is 20.6. The third-order valence-electron chi connectivity index (χ3n) is 5.42. The number of carbonyl (C=O) groups excluding carboxylic acids is 3. The summed E-state index contributed by atoms with van der Waals surface area (Å²) in [5, 5.41) is 3.55. The van der Waals surface area contributed by atoms with Crippen molar-refractivity contribution >= 4 is 34.3 Å². The summed E-state index contributed by atoms with van der Waals surface area (Å²) in [6.07, 6.45) is 1.59. The Bertz CT molecular complexity index is 1160. The third kappa shape index (κ3) is 4.29. The summed E-state index contributed by atoms with van der Waals surface area (Å²) >= 11 is 0. The lowest BCUT2D eigenvalue weighted by Gasteiger charge is -2.27. The van der Waals surface area contributed by atoms with E-state index >= 15 is 0 Å². The Labute approximate surface area is 179 Å². The molecule has 1 aliphatic rings. The molecule has 0 atom stereocenters. The Balaban J connectivity index is 1.52. The minimum Gasteiger partial charge on any atom is -0.378 e. The fourth-order valence-electron chi connectivity index (χ4n) is 3.80. The van der Waals surface area contributed by atoms with Gasteiger partial charge >= 0.3 is 0 Å². The van der Waals surface area contributed by atoms with Crippen LogP contribution in [0.3, 0.4) is 0 Å². The van der Waals surface area contributed by atoms with E-state index in [0.29, 0.717) is 48.5 Å². The van der Waals surface area contributed by atoms with Gasteiger partial charge in [-0.1, -0.05) is 24.3 Å². The van der Waals surface area contributed by atoms with E-state index in [1.807, 2.05) is 31.2 Å². The Morgan fingerprint density at radius 1 is 1.06 bits per heavy atom. The number of fused-ring (bicyclic) bond motifs is 1. The number of carbonyl (C=O) groups is 3. The molecule has 0 saturated carbocycles. The van der Waals surface area contributed by atoms with Gasteiger partial charge in [-0.05, 0) is 30.7 Å². The highest BCUT2D eigenvalue weighted by Gasteiger charge is 2.21. The molecule has 0 unspecified atom stereocenters. The second kappa shape index (κ2) is 8.61. The Hall–Kier alpha value is -3.65. The van der Waals surface area contributed by atoms with Gasteiger partial charge in [-0.15, -0.1) is 0 Å². The van der Waals surface area contributed by atoms with E-state index in [0.717, 1.165) is 11.1 Å². The van der Waals surface area contributed by atoms with Crippen LogP contribution in [0.2, 0.25) is 0 Å². The molecule has 1 aliphatic heterocycles. The van der Waals surface area contributed by atoms with Gasteiger partial charge in [0.2, 0.25) is 5.91 Å². The fraction of sp³-hybridized carbons (Fsp3) is 0.261. The lowest BCUT2D eigenvalue weighted by atomic mass is 10.1. The molecule has 3 aromatic rings. The summed E-state index contributed by atoms with van der Waals surface area (Å²) in [7, 11) is 0. The number of primary amides is 1. The molecule has 2 aromatic carbocycles. The second-order valence-electron chi connectivity index (χ2n) is 7.53. The number of hydrogen-bond donors (Lipinski definition) is 2. The minimum absolute atomic E-state index is 0.00835. The average Bonchev–Trinajstić information content (AvgIpc) is 3.14. The number of nitrogens with two attached hydrogens (primary N) is 1. The van der Waals surface area contributed by atoms with Crippen molar-refractivity contribution in [3.05, 3.63) is 65.4 Å². The van der Waals surface area contributed by atoms with Gasteiger partial charge in [0.1, 0.15) is 6.54 Å². The number of rotatable bonds is 5. The molecular formula is C23H24N4O4. The molecule has 8 heteroatoms. The number of aromatic nitrogens is 1. The normalized spacial score (nSPS) is 13.9. The van der Waals surface area contributed by atoms with Crippen LogP contribution in [-0.4, -0.2) is 53.5 Å². The molecule has 8 nitrogen and oxygen atoms in total. The number of hydrogen-bond acceptors (Lipinski definition) is 4. The fourth-order valence-corrected chi connectivity index (χ4v) is 3.80. The predicted molar refractivity (Wildman–Crippen MR) is 117 cm³/mol. The van der Waals surface area contributed by atoms with Crippen LogP contribution in [0.5, 0.6) is 0 Å². The molecule has 160 valence electrons. The summed E-state index contributed by atoms with van der Waals surface area (Å²) in [5.41, 5.74) is 8.54. The van der Waals surface area contributed by atoms with Gasteiger partial charge in [0.25, 0.3) is 11.8 Å². The van der Waals surface area contributed by atoms with Crippen LogP contribution >= 0.6 is 0 Å². The number of amides is 3. The number of para-hydroxylation sites is 1. The molecule has 0 radical (unpaired) electrons. The van der Waals surface area contributed by atoms with Crippen molar-refractivity contribution < 1.29 is 19.1 Å². The first-order valence-corrected chi connectivity index (χ1v) is 10.1. The molecule has 3 amide bonds. The van der Waals surface area contributed by atoms with Crippen LogP contribution in [0.15, 0.2) is 48.7 Å². The van der Waals surface area contributed by atoms with E-state index in [4.69, 9.17) is 10.5 Å². The van der Waals surface area contributed by atoms with E-state index in [2.05, 4.69) is 5.32 Å². The maximum atomic E-state index is 12.9. The number of morpholine rings is 1. The van der Waals surface area contributed by atoms with E-state index in [-0.39, 0.29) is 18.4 Å². The molecule has 4 rings (SSSR count). The molecule has 0 spiro atoms. The highest BCUT2D eigenvalue weighted by Crippen LogP contribution is 2.22. The zero-order chi connectivity index (χ0) is 22.0. The van der Waals surface area contributed by atoms with Crippen LogP contribution in [0.4, 0.5) is 5.69 Å². The van der Waals surface area contributed by atoms with E-state index in [1.54, 1.807) is 33.9 Å². The Morgan fingerprint density at radius 2 is 1.81 bits per heavy atom. The summed E-state index contributed by atoms with van der Waals surface area (Å²) in [6, 6.07) is 12.6. The summed E-state index contributed by atoms with van der Waals surface area (Å²) in [4.78, 5) is 39.1. The Kier molecular flexibility index (Phi) is 5.73. The van der Waals surface area contributed by atoms with Crippen molar-refractivity contribution in [3.63, 3.8) is 0 Å². The lowest BCUT2D eigenvalue weighted by Crippen LogP contribution is -2.41. The van der Waals surface area contributed by atoms with Crippen LogP contribution in [0, 0.1) is 6.92 Å². The summed E-state index contributed by atoms with van der Waals surface area (Å²) < 4.78 is 7.01. The summed E-state index contributed by atoms with van der Waals surface area (Å²) in [6.45, 7) is 4.04. The van der Waals surface area contributed by atoms with Crippen molar-refractivity contribution in [2.24, 2.45) is 5.73 Å². The second-order valence-corrected chi connectivity index (χ2v) is 7.53.